The van der Waals surface area contributed by atoms with Crippen molar-refractivity contribution in [2.75, 3.05) is 26.7 Å². The van der Waals surface area contributed by atoms with Crippen molar-refractivity contribution in [2.45, 2.75) is 25.4 Å². The minimum atomic E-state index is -0.535. The summed E-state index contributed by atoms with van der Waals surface area (Å²) in [7, 11) is 3.74. The van der Waals surface area contributed by atoms with E-state index in [0.29, 0.717) is 6.54 Å². The smallest absolute Gasteiger partial charge is 0.242 e. The molecule has 6 heteroatoms. The standard InChI is InChI=1S/C13H23N5O/c1-13(2)12(19)16(3)5-6-18(13)11(7-14)10-8-15-17(4)9-10/h8-9,11H,5-7,14H2,1-4H3. The van der Waals surface area contributed by atoms with Crippen LogP contribution in [-0.2, 0) is 11.8 Å². The van der Waals surface area contributed by atoms with Crippen LogP contribution in [-0.4, -0.2) is 57.7 Å². The Hall–Kier alpha value is -1.40. The largest absolute Gasteiger partial charge is 0.343 e. The van der Waals surface area contributed by atoms with Crippen LogP contribution in [0.15, 0.2) is 12.4 Å². The number of aromatic nitrogens is 2. The van der Waals surface area contributed by atoms with E-state index in [9.17, 15) is 4.79 Å². The van der Waals surface area contributed by atoms with E-state index >= 15 is 0 Å². The van der Waals surface area contributed by atoms with Gasteiger partial charge in [-0.15, -0.1) is 0 Å². The first-order valence-electron chi connectivity index (χ1n) is 6.59. The molecule has 1 fully saturated rings. The monoisotopic (exact) mass is 265 g/mol. The van der Waals surface area contributed by atoms with Crippen molar-refractivity contribution in [1.29, 1.82) is 0 Å². The minimum absolute atomic E-state index is 0.0290. The van der Waals surface area contributed by atoms with Crippen molar-refractivity contribution >= 4 is 5.91 Å². The molecule has 0 bridgehead atoms. The lowest BCUT2D eigenvalue weighted by Crippen LogP contribution is -2.63. The fourth-order valence-corrected chi connectivity index (χ4v) is 2.83. The molecule has 2 rings (SSSR count). The molecule has 0 aliphatic carbocycles. The van der Waals surface area contributed by atoms with Crippen LogP contribution < -0.4 is 5.73 Å². The van der Waals surface area contributed by atoms with Gasteiger partial charge >= 0.3 is 0 Å². The second-order valence-corrected chi connectivity index (χ2v) is 5.68. The van der Waals surface area contributed by atoms with Crippen LogP contribution >= 0.6 is 0 Å². The van der Waals surface area contributed by atoms with Crippen LogP contribution in [0.4, 0.5) is 0 Å². The van der Waals surface area contributed by atoms with Crippen LogP contribution in [0.1, 0.15) is 25.5 Å². The molecule has 1 aromatic rings. The fraction of sp³-hybridized carbons (Fsp3) is 0.692. The quantitative estimate of drug-likeness (QED) is 0.833. The van der Waals surface area contributed by atoms with Gasteiger partial charge in [-0.1, -0.05) is 0 Å². The van der Waals surface area contributed by atoms with Crippen LogP contribution in [0.25, 0.3) is 0 Å². The molecule has 0 spiro atoms. The van der Waals surface area contributed by atoms with Gasteiger partial charge in [0.25, 0.3) is 0 Å². The van der Waals surface area contributed by atoms with E-state index in [2.05, 4.69) is 10.00 Å². The lowest BCUT2D eigenvalue weighted by molar-refractivity contribution is -0.149. The van der Waals surface area contributed by atoms with E-state index in [1.165, 1.54) is 0 Å². The molecule has 0 saturated carbocycles. The molecule has 1 aliphatic rings. The Kier molecular flexibility index (Phi) is 3.64. The van der Waals surface area contributed by atoms with Gasteiger partial charge in [-0.05, 0) is 13.8 Å². The van der Waals surface area contributed by atoms with E-state index in [4.69, 9.17) is 5.73 Å². The summed E-state index contributed by atoms with van der Waals surface area (Å²) in [4.78, 5) is 16.3. The molecule has 19 heavy (non-hydrogen) atoms. The highest BCUT2D eigenvalue weighted by Gasteiger charge is 2.43. The first-order chi connectivity index (χ1) is 8.87. The van der Waals surface area contributed by atoms with Gasteiger partial charge in [-0.25, -0.2) is 0 Å². The molecule has 1 atom stereocenters. The zero-order valence-corrected chi connectivity index (χ0v) is 12.1. The Morgan fingerprint density at radius 1 is 1.42 bits per heavy atom. The molecule has 1 aromatic heterocycles. The average Bonchev–Trinajstić information content (AvgIpc) is 2.77. The molecule has 0 radical (unpaired) electrons. The lowest BCUT2D eigenvalue weighted by Gasteiger charge is -2.48. The highest BCUT2D eigenvalue weighted by Crippen LogP contribution is 2.31. The number of rotatable bonds is 3. The van der Waals surface area contributed by atoms with Gasteiger partial charge in [0.1, 0.15) is 0 Å². The Morgan fingerprint density at radius 2 is 2.11 bits per heavy atom. The van der Waals surface area contributed by atoms with Gasteiger partial charge in [-0.2, -0.15) is 5.10 Å². The van der Waals surface area contributed by atoms with E-state index in [-0.39, 0.29) is 11.9 Å². The van der Waals surface area contributed by atoms with Crippen molar-refractivity contribution in [1.82, 2.24) is 19.6 Å². The second kappa shape index (κ2) is 4.94. The molecule has 6 nitrogen and oxygen atoms in total. The number of aryl methyl sites for hydroxylation is 1. The van der Waals surface area contributed by atoms with Crippen LogP contribution in [0.5, 0.6) is 0 Å². The summed E-state index contributed by atoms with van der Waals surface area (Å²) in [6.07, 6.45) is 3.80. The third-order valence-electron chi connectivity index (χ3n) is 3.97. The topological polar surface area (TPSA) is 67.4 Å². The number of nitrogens with zero attached hydrogens (tertiary/aromatic N) is 4. The second-order valence-electron chi connectivity index (χ2n) is 5.68. The predicted octanol–water partition coefficient (Wildman–Crippen LogP) is -0.0275. The van der Waals surface area contributed by atoms with Crippen molar-refractivity contribution in [3.8, 4) is 0 Å². The summed E-state index contributed by atoms with van der Waals surface area (Å²) in [5.41, 5.74) is 6.47. The van der Waals surface area contributed by atoms with Gasteiger partial charge in [0.05, 0.1) is 17.8 Å². The van der Waals surface area contributed by atoms with E-state index in [0.717, 1.165) is 18.7 Å². The maximum absolute atomic E-state index is 12.3. The number of hydrogen-bond donors (Lipinski definition) is 1. The minimum Gasteiger partial charge on any atom is -0.343 e. The van der Waals surface area contributed by atoms with Gasteiger partial charge in [0.2, 0.25) is 5.91 Å². The summed E-state index contributed by atoms with van der Waals surface area (Å²) in [6.45, 7) is 5.96. The van der Waals surface area contributed by atoms with Gasteiger partial charge in [0, 0.05) is 45.5 Å². The summed E-state index contributed by atoms with van der Waals surface area (Å²) < 4.78 is 1.77. The van der Waals surface area contributed by atoms with E-state index in [1.54, 1.807) is 9.58 Å². The molecular formula is C13H23N5O. The Labute approximate surface area is 114 Å². The normalized spacial score (nSPS) is 21.7. The average molecular weight is 265 g/mol. The number of likely N-dealkylation sites (N-methyl/N-ethyl adjacent to an activating group) is 1. The van der Waals surface area contributed by atoms with Gasteiger partial charge < -0.3 is 10.6 Å². The van der Waals surface area contributed by atoms with Gasteiger partial charge in [-0.3, -0.25) is 14.4 Å². The van der Waals surface area contributed by atoms with Crippen LogP contribution in [0, 0.1) is 0 Å². The van der Waals surface area contributed by atoms with Crippen molar-refractivity contribution in [3.05, 3.63) is 18.0 Å². The molecule has 2 N–H and O–H groups in total. The molecule has 1 saturated heterocycles. The molecule has 2 heterocycles. The zero-order chi connectivity index (χ0) is 14.2. The number of carbonyl (C=O) groups is 1. The van der Waals surface area contributed by atoms with E-state index < -0.39 is 5.54 Å². The van der Waals surface area contributed by atoms with Crippen molar-refractivity contribution in [2.24, 2.45) is 12.8 Å². The van der Waals surface area contributed by atoms with Gasteiger partial charge in [0.15, 0.2) is 0 Å². The number of nitrogens with two attached hydrogens (primary N) is 1. The summed E-state index contributed by atoms with van der Waals surface area (Å²) >= 11 is 0. The van der Waals surface area contributed by atoms with E-state index in [1.807, 2.05) is 40.3 Å². The number of amides is 1. The molecule has 0 aromatic carbocycles. The SMILES string of the molecule is CN1CCN(C(CN)c2cnn(C)c2)C(C)(C)C1=O. The first kappa shape index (κ1) is 14.0. The number of piperazine rings is 1. The summed E-state index contributed by atoms with van der Waals surface area (Å²) in [5.74, 6) is 0.140. The Morgan fingerprint density at radius 3 is 2.63 bits per heavy atom. The third-order valence-corrected chi connectivity index (χ3v) is 3.97. The van der Waals surface area contributed by atoms with Crippen molar-refractivity contribution in [3.63, 3.8) is 0 Å². The number of hydrogen-bond acceptors (Lipinski definition) is 4. The maximum Gasteiger partial charge on any atom is 0.242 e. The highest BCUT2D eigenvalue weighted by molar-refractivity contribution is 5.86. The fourth-order valence-electron chi connectivity index (χ4n) is 2.83. The Balaban J connectivity index is 2.30. The number of carbonyl (C=O) groups excluding carboxylic acids is 1. The molecule has 1 amide bonds. The molecule has 106 valence electrons. The van der Waals surface area contributed by atoms with Crippen LogP contribution in [0.2, 0.25) is 0 Å². The Bertz CT molecular complexity index is 467. The summed E-state index contributed by atoms with van der Waals surface area (Å²) in [6, 6.07) is 0.0290. The maximum atomic E-state index is 12.3. The first-order valence-corrected chi connectivity index (χ1v) is 6.59. The summed E-state index contributed by atoms with van der Waals surface area (Å²) in [5, 5.41) is 4.20. The predicted molar refractivity (Wildman–Crippen MR) is 73.4 cm³/mol. The van der Waals surface area contributed by atoms with Crippen molar-refractivity contribution < 1.29 is 4.79 Å². The lowest BCUT2D eigenvalue weighted by atomic mass is 9.93. The molecular weight excluding hydrogens is 242 g/mol. The highest BCUT2D eigenvalue weighted by atomic mass is 16.2. The molecule has 1 unspecified atom stereocenters. The van der Waals surface area contributed by atoms with Crippen LogP contribution in [0.3, 0.4) is 0 Å². The zero-order valence-electron chi connectivity index (χ0n) is 12.1. The third kappa shape index (κ3) is 2.37. The molecule has 1 aliphatic heterocycles.